The smallest absolute Gasteiger partial charge is 0.124 e. The lowest BCUT2D eigenvalue weighted by Crippen LogP contribution is -2.22. The number of imidazole rings is 1. The van der Waals surface area contributed by atoms with Crippen LogP contribution in [0.4, 0.5) is 0 Å². The van der Waals surface area contributed by atoms with Gasteiger partial charge in [0.05, 0.1) is 17.1 Å². The largest absolute Gasteiger partial charge is 0.341 e. The molecule has 0 radical (unpaired) electrons. The summed E-state index contributed by atoms with van der Waals surface area (Å²) in [7, 11) is 0. The number of aryl methyl sites for hydroxylation is 1. The van der Waals surface area contributed by atoms with Crippen LogP contribution in [0.15, 0.2) is 36.4 Å². The Balaban J connectivity index is 1.76. The standard InChI is InChI=1S/C16H19N3S/c1-10-8-9-15(20-10)11(2)17-12(3)16-18-13-6-4-5-7-14(13)19-16/h4-9,11-12,17H,1-3H3,(H,18,19). The van der Waals surface area contributed by atoms with Crippen LogP contribution in [0, 0.1) is 6.92 Å². The second-order valence-electron chi connectivity index (χ2n) is 5.20. The van der Waals surface area contributed by atoms with E-state index in [0.29, 0.717) is 6.04 Å². The third-order valence-electron chi connectivity index (χ3n) is 3.51. The summed E-state index contributed by atoms with van der Waals surface area (Å²) in [6.07, 6.45) is 0. The Morgan fingerprint density at radius 3 is 2.60 bits per heavy atom. The number of para-hydroxylation sites is 2. The quantitative estimate of drug-likeness (QED) is 0.748. The van der Waals surface area contributed by atoms with E-state index in [-0.39, 0.29) is 6.04 Å². The molecule has 2 aromatic heterocycles. The van der Waals surface area contributed by atoms with Crippen molar-refractivity contribution in [2.75, 3.05) is 0 Å². The van der Waals surface area contributed by atoms with Crippen LogP contribution in [0.25, 0.3) is 11.0 Å². The number of thiophene rings is 1. The molecular weight excluding hydrogens is 266 g/mol. The van der Waals surface area contributed by atoms with Gasteiger partial charge in [0.25, 0.3) is 0 Å². The van der Waals surface area contributed by atoms with Crippen molar-refractivity contribution in [3.8, 4) is 0 Å². The van der Waals surface area contributed by atoms with Gasteiger partial charge in [-0.1, -0.05) is 12.1 Å². The maximum atomic E-state index is 4.65. The summed E-state index contributed by atoms with van der Waals surface area (Å²) in [4.78, 5) is 10.8. The van der Waals surface area contributed by atoms with Gasteiger partial charge in [0.15, 0.2) is 0 Å². The zero-order valence-corrected chi connectivity index (χ0v) is 12.8. The summed E-state index contributed by atoms with van der Waals surface area (Å²) < 4.78 is 0. The SMILES string of the molecule is Cc1ccc(C(C)NC(C)c2nc3ccccc3[nH]2)s1. The first-order chi connectivity index (χ1) is 9.63. The zero-order valence-electron chi connectivity index (χ0n) is 12.0. The van der Waals surface area contributed by atoms with Crippen molar-refractivity contribution in [2.45, 2.75) is 32.9 Å². The van der Waals surface area contributed by atoms with Crippen LogP contribution in [-0.2, 0) is 0 Å². The normalized spacial score (nSPS) is 14.6. The second-order valence-corrected chi connectivity index (χ2v) is 6.52. The van der Waals surface area contributed by atoms with Crippen molar-refractivity contribution in [1.29, 1.82) is 0 Å². The number of fused-ring (bicyclic) bond motifs is 1. The minimum atomic E-state index is 0.194. The number of nitrogens with zero attached hydrogens (tertiary/aromatic N) is 1. The summed E-state index contributed by atoms with van der Waals surface area (Å²) in [5.74, 6) is 0.992. The van der Waals surface area contributed by atoms with Crippen molar-refractivity contribution in [3.05, 3.63) is 52.0 Å². The molecular formula is C16H19N3S. The molecule has 104 valence electrons. The van der Waals surface area contributed by atoms with Gasteiger partial charge in [-0.25, -0.2) is 4.98 Å². The Labute approximate surface area is 123 Å². The number of nitrogens with one attached hydrogen (secondary N) is 2. The van der Waals surface area contributed by atoms with E-state index < -0.39 is 0 Å². The van der Waals surface area contributed by atoms with Crippen molar-refractivity contribution in [2.24, 2.45) is 0 Å². The molecule has 2 N–H and O–H groups in total. The Morgan fingerprint density at radius 2 is 1.90 bits per heavy atom. The third-order valence-corrected chi connectivity index (χ3v) is 4.69. The van der Waals surface area contributed by atoms with E-state index in [2.05, 4.69) is 54.3 Å². The molecule has 0 aliphatic rings. The predicted molar refractivity (Wildman–Crippen MR) is 85.1 cm³/mol. The molecule has 1 aromatic carbocycles. The number of benzene rings is 1. The molecule has 0 bridgehead atoms. The molecule has 2 atom stereocenters. The van der Waals surface area contributed by atoms with E-state index in [4.69, 9.17) is 0 Å². The minimum Gasteiger partial charge on any atom is -0.341 e. The summed E-state index contributed by atoms with van der Waals surface area (Å²) in [6, 6.07) is 13.0. The summed E-state index contributed by atoms with van der Waals surface area (Å²) in [5, 5.41) is 3.60. The van der Waals surface area contributed by atoms with Crippen molar-refractivity contribution in [1.82, 2.24) is 15.3 Å². The lowest BCUT2D eigenvalue weighted by molar-refractivity contribution is 0.485. The molecule has 0 fully saturated rings. The van der Waals surface area contributed by atoms with Crippen molar-refractivity contribution in [3.63, 3.8) is 0 Å². The highest BCUT2D eigenvalue weighted by atomic mass is 32.1. The van der Waals surface area contributed by atoms with E-state index >= 15 is 0 Å². The molecule has 20 heavy (non-hydrogen) atoms. The number of H-pyrrole nitrogens is 1. The Bertz CT molecular complexity index is 680. The van der Waals surface area contributed by atoms with E-state index in [0.717, 1.165) is 16.9 Å². The molecule has 2 heterocycles. The lowest BCUT2D eigenvalue weighted by Gasteiger charge is -2.17. The van der Waals surface area contributed by atoms with Crippen LogP contribution in [0.2, 0.25) is 0 Å². The molecule has 0 spiro atoms. The third kappa shape index (κ3) is 2.62. The molecule has 2 unspecified atom stereocenters. The second kappa shape index (κ2) is 5.38. The first-order valence-electron chi connectivity index (χ1n) is 6.90. The van der Waals surface area contributed by atoms with Crippen molar-refractivity contribution < 1.29 is 0 Å². The van der Waals surface area contributed by atoms with Crippen LogP contribution < -0.4 is 5.32 Å². The van der Waals surface area contributed by atoms with E-state index in [9.17, 15) is 0 Å². The van der Waals surface area contributed by atoms with Gasteiger partial charge in [-0.05, 0) is 45.0 Å². The molecule has 0 amide bonds. The maximum Gasteiger partial charge on any atom is 0.124 e. The van der Waals surface area contributed by atoms with Gasteiger partial charge in [0.2, 0.25) is 0 Å². The molecule has 0 saturated heterocycles. The van der Waals surface area contributed by atoms with Gasteiger partial charge in [-0.2, -0.15) is 0 Å². The Morgan fingerprint density at radius 1 is 1.10 bits per heavy atom. The summed E-state index contributed by atoms with van der Waals surface area (Å²) in [5.41, 5.74) is 2.12. The van der Waals surface area contributed by atoms with Gasteiger partial charge in [-0.3, -0.25) is 0 Å². The molecule has 0 aliphatic heterocycles. The topological polar surface area (TPSA) is 40.7 Å². The number of hydrogen-bond acceptors (Lipinski definition) is 3. The van der Waals surface area contributed by atoms with E-state index in [1.807, 2.05) is 29.5 Å². The van der Waals surface area contributed by atoms with Crippen LogP contribution in [0.5, 0.6) is 0 Å². The van der Waals surface area contributed by atoms with Crippen molar-refractivity contribution >= 4 is 22.4 Å². The fraction of sp³-hybridized carbons (Fsp3) is 0.312. The molecule has 0 saturated carbocycles. The highest BCUT2D eigenvalue weighted by Gasteiger charge is 2.15. The van der Waals surface area contributed by atoms with Gasteiger partial charge in [-0.15, -0.1) is 11.3 Å². The molecule has 4 heteroatoms. The van der Waals surface area contributed by atoms with Crippen LogP contribution >= 0.6 is 11.3 Å². The number of aromatic nitrogens is 2. The fourth-order valence-corrected chi connectivity index (χ4v) is 3.29. The number of rotatable bonds is 4. The average Bonchev–Trinajstić information content (AvgIpc) is 3.04. The molecule has 3 rings (SSSR count). The van der Waals surface area contributed by atoms with Crippen LogP contribution in [0.1, 0.15) is 41.5 Å². The van der Waals surface area contributed by atoms with Crippen LogP contribution in [-0.4, -0.2) is 9.97 Å². The Hall–Kier alpha value is -1.65. The van der Waals surface area contributed by atoms with E-state index in [1.165, 1.54) is 9.75 Å². The van der Waals surface area contributed by atoms with Gasteiger partial charge < -0.3 is 10.3 Å². The molecule has 3 nitrogen and oxygen atoms in total. The molecule has 0 aliphatic carbocycles. The minimum absolute atomic E-state index is 0.194. The van der Waals surface area contributed by atoms with Crippen LogP contribution in [0.3, 0.4) is 0 Å². The average molecular weight is 285 g/mol. The zero-order chi connectivity index (χ0) is 14.1. The summed E-state index contributed by atoms with van der Waals surface area (Å²) >= 11 is 1.84. The van der Waals surface area contributed by atoms with Gasteiger partial charge >= 0.3 is 0 Å². The summed E-state index contributed by atoms with van der Waals surface area (Å²) in [6.45, 7) is 6.49. The molecule has 3 aromatic rings. The number of aromatic amines is 1. The fourth-order valence-electron chi connectivity index (χ4n) is 2.40. The van der Waals surface area contributed by atoms with E-state index in [1.54, 1.807) is 0 Å². The highest BCUT2D eigenvalue weighted by molar-refractivity contribution is 7.12. The predicted octanol–water partition coefficient (Wildman–Crippen LogP) is 4.34. The van der Waals surface area contributed by atoms with Gasteiger partial charge in [0, 0.05) is 15.8 Å². The first kappa shape index (κ1) is 13.3. The lowest BCUT2D eigenvalue weighted by atomic mass is 10.2. The van der Waals surface area contributed by atoms with Gasteiger partial charge in [0.1, 0.15) is 5.82 Å². The Kier molecular flexibility index (Phi) is 3.59. The maximum absolute atomic E-state index is 4.65. The first-order valence-corrected chi connectivity index (χ1v) is 7.72. The highest BCUT2D eigenvalue weighted by Crippen LogP contribution is 2.25. The number of hydrogen-bond donors (Lipinski definition) is 2. The monoisotopic (exact) mass is 285 g/mol.